The van der Waals surface area contributed by atoms with Gasteiger partial charge in [-0.05, 0) is 50.1 Å². The van der Waals surface area contributed by atoms with Crippen LogP contribution in [-0.4, -0.2) is 52.9 Å². The summed E-state index contributed by atoms with van der Waals surface area (Å²) in [5.74, 6) is 0.378. The van der Waals surface area contributed by atoms with E-state index in [1.807, 2.05) is 48.2 Å². The zero-order valence-electron chi connectivity index (χ0n) is 17.2. The monoisotopic (exact) mass is 434 g/mol. The fourth-order valence-electron chi connectivity index (χ4n) is 3.99. The lowest BCUT2D eigenvalue weighted by molar-refractivity contribution is -0.131. The molecule has 31 heavy (non-hydrogen) atoms. The summed E-state index contributed by atoms with van der Waals surface area (Å²) in [5.41, 5.74) is 3.17. The minimum absolute atomic E-state index is 0.0219. The van der Waals surface area contributed by atoms with E-state index in [9.17, 15) is 9.59 Å². The Morgan fingerprint density at radius 3 is 2.81 bits per heavy atom. The van der Waals surface area contributed by atoms with Gasteiger partial charge in [-0.3, -0.25) is 19.5 Å². The number of nitrogens with zero attached hydrogens (tertiary/aromatic N) is 4. The molecule has 1 aromatic carbocycles. The van der Waals surface area contributed by atoms with Gasteiger partial charge in [0.1, 0.15) is 17.3 Å². The van der Waals surface area contributed by atoms with Crippen molar-refractivity contribution in [3.63, 3.8) is 0 Å². The Balaban J connectivity index is 1.48. The van der Waals surface area contributed by atoms with Gasteiger partial charge in [-0.2, -0.15) is 0 Å². The van der Waals surface area contributed by atoms with Gasteiger partial charge in [0, 0.05) is 29.7 Å². The molecule has 1 fully saturated rings. The summed E-state index contributed by atoms with van der Waals surface area (Å²) in [7, 11) is 0. The van der Waals surface area contributed by atoms with E-state index in [1.54, 1.807) is 22.4 Å². The number of aromatic nitrogens is 2. The van der Waals surface area contributed by atoms with Crippen LogP contribution < -0.4 is 9.64 Å². The Morgan fingerprint density at radius 1 is 1.19 bits per heavy atom. The molecule has 0 radical (unpaired) electrons. The van der Waals surface area contributed by atoms with Crippen LogP contribution in [0.4, 0.5) is 5.69 Å². The molecule has 0 saturated carbocycles. The van der Waals surface area contributed by atoms with Gasteiger partial charge in [-0.1, -0.05) is 6.07 Å². The molecule has 4 heterocycles. The van der Waals surface area contributed by atoms with Gasteiger partial charge in [-0.15, -0.1) is 11.3 Å². The van der Waals surface area contributed by atoms with Crippen LogP contribution in [0.3, 0.4) is 0 Å². The Bertz CT molecular complexity index is 1140. The normalized spacial score (nSPS) is 15.7. The highest BCUT2D eigenvalue weighted by molar-refractivity contribution is 7.15. The fourth-order valence-corrected chi connectivity index (χ4v) is 4.90. The van der Waals surface area contributed by atoms with E-state index in [0.29, 0.717) is 11.4 Å². The first-order valence-corrected chi connectivity index (χ1v) is 11.2. The highest BCUT2D eigenvalue weighted by Crippen LogP contribution is 2.39. The molecule has 0 aliphatic carbocycles. The largest absolute Gasteiger partial charge is 0.482 e. The number of rotatable bonds is 4. The van der Waals surface area contributed by atoms with Crippen LogP contribution >= 0.6 is 11.3 Å². The summed E-state index contributed by atoms with van der Waals surface area (Å²) in [4.78, 5) is 39.0. The van der Waals surface area contributed by atoms with Crippen LogP contribution in [0.25, 0.3) is 22.0 Å². The van der Waals surface area contributed by atoms with Crippen molar-refractivity contribution in [3.8, 4) is 27.7 Å². The van der Waals surface area contributed by atoms with Crippen LogP contribution in [-0.2, 0) is 9.59 Å². The molecule has 0 N–H and O–H groups in total. The lowest BCUT2D eigenvalue weighted by Crippen LogP contribution is -2.45. The second-order valence-electron chi connectivity index (χ2n) is 7.68. The van der Waals surface area contributed by atoms with Gasteiger partial charge in [0.05, 0.1) is 17.1 Å². The van der Waals surface area contributed by atoms with E-state index in [-0.39, 0.29) is 25.0 Å². The molecule has 0 bridgehead atoms. The number of carbonyl (C=O) groups excluding carboxylic acids is 2. The molecule has 2 aliphatic rings. The van der Waals surface area contributed by atoms with E-state index in [1.165, 1.54) is 0 Å². The second-order valence-corrected chi connectivity index (χ2v) is 8.88. The number of carbonyl (C=O) groups is 2. The molecule has 8 heteroatoms. The lowest BCUT2D eigenvalue weighted by Gasteiger charge is -2.30. The molecule has 0 atom stereocenters. The lowest BCUT2D eigenvalue weighted by atomic mass is 10.1. The Labute approximate surface area is 184 Å². The highest BCUT2D eigenvalue weighted by atomic mass is 32.1. The zero-order valence-corrected chi connectivity index (χ0v) is 18.0. The van der Waals surface area contributed by atoms with Crippen LogP contribution in [0, 0.1) is 6.92 Å². The molecule has 3 aromatic rings. The number of hydrogen-bond acceptors (Lipinski definition) is 6. The van der Waals surface area contributed by atoms with E-state index in [4.69, 9.17) is 9.72 Å². The third-order valence-corrected chi connectivity index (χ3v) is 6.60. The maximum Gasteiger partial charge on any atom is 0.265 e. The van der Waals surface area contributed by atoms with E-state index < -0.39 is 0 Å². The standard InChI is InChI=1S/C23H22N4O3S/c1-15-22(25-23(31-15)17-6-2-3-9-24-17)16-7-8-19-18(12-16)27(21(29)14-30-19)13-20(28)26-10-4-5-11-26/h2-3,6-9,12H,4-5,10-11,13-14H2,1H3. The molecule has 158 valence electrons. The first-order chi connectivity index (χ1) is 15.1. The molecule has 2 amide bonds. The van der Waals surface area contributed by atoms with Crippen molar-refractivity contribution in [2.24, 2.45) is 0 Å². The van der Waals surface area contributed by atoms with E-state index in [2.05, 4.69) is 4.98 Å². The Hall–Kier alpha value is -3.26. The number of aryl methyl sites for hydroxylation is 1. The fraction of sp³-hybridized carbons (Fsp3) is 0.304. The summed E-state index contributed by atoms with van der Waals surface area (Å²) in [5, 5.41) is 0.846. The molecule has 2 aromatic heterocycles. The van der Waals surface area contributed by atoms with Gasteiger partial charge in [0.2, 0.25) is 5.91 Å². The van der Waals surface area contributed by atoms with E-state index >= 15 is 0 Å². The van der Waals surface area contributed by atoms with Gasteiger partial charge >= 0.3 is 0 Å². The number of likely N-dealkylation sites (tertiary alicyclic amines) is 1. The van der Waals surface area contributed by atoms with Crippen molar-refractivity contribution < 1.29 is 14.3 Å². The van der Waals surface area contributed by atoms with Crippen LogP contribution in [0.2, 0.25) is 0 Å². The smallest absolute Gasteiger partial charge is 0.265 e. The highest BCUT2D eigenvalue weighted by Gasteiger charge is 2.30. The minimum Gasteiger partial charge on any atom is -0.482 e. The van der Waals surface area contributed by atoms with Crippen molar-refractivity contribution >= 4 is 28.8 Å². The molecule has 1 saturated heterocycles. The number of anilines is 1. The number of benzene rings is 1. The molecular formula is C23H22N4O3S. The first kappa shape index (κ1) is 19.7. The van der Waals surface area contributed by atoms with Gasteiger partial charge < -0.3 is 9.64 Å². The maximum absolute atomic E-state index is 12.7. The molecule has 2 aliphatic heterocycles. The average Bonchev–Trinajstić information content (AvgIpc) is 3.46. The average molecular weight is 435 g/mol. The third-order valence-electron chi connectivity index (χ3n) is 5.61. The molecule has 0 unspecified atom stereocenters. The maximum atomic E-state index is 12.7. The van der Waals surface area contributed by atoms with Crippen LogP contribution in [0.1, 0.15) is 17.7 Å². The van der Waals surface area contributed by atoms with Crippen molar-refractivity contribution in [3.05, 3.63) is 47.5 Å². The zero-order chi connectivity index (χ0) is 21.4. The third kappa shape index (κ3) is 3.79. The SMILES string of the molecule is Cc1sc(-c2ccccn2)nc1-c1ccc2c(c1)N(CC(=O)N1CCCC1)C(=O)CO2. The number of hydrogen-bond donors (Lipinski definition) is 0. The van der Waals surface area contributed by atoms with E-state index in [0.717, 1.165) is 52.8 Å². The molecule has 7 nitrogen and oxygen atoms in total. The number of ether oxygens (including phenoxy) is 1. The van der Waals surface area contributed by atoms with Gasteiger partial charge in [-0.25, -0.2) is 4.98 Å². The van der Waals surface area contributed by atoms with Crippen LogP contribution in [0.15, 0.2) is 42.6 Å². The summed E-state index contributed by atoms with van der Waals surface area (Å²) >= 11 is 1.58. The number of amides is 2. The van der Waals surface area contributed by atoms with Crippen molar-refractivity contribution in [1.82, 2.24) is 14.9 Å². The van der Waals surface area contributed by atoms with Crippen molar-refractivity contribution in [2.75, 3.05) is 31.1 Å². The Morgan fingerprint density at radius 2 is 2.03 bits per heavy atom. The van der Waals surface area contributed by atoms with Gasteiger partial charge in [0.25, 0.3) is 5.91 Å². The summed E-state index contributed by atoms with van der Waals surface area (Å²) in [6, 6.07) is 11.4. The number of fused-ring (bicyclic) bond motifs is 1. The van der Waals surface area contributed by atoms with Crippen molar-refractivity contribution in [2.45, 2.75) is 19.8 Å². The summed E-state index contributed by atoms with van der Waals surface area (Å²) < 4.78 is 5.62. The molecule has 0 spiro atoms. The second kappa shape index (κ2) is 8.11. The number of pyridine rings is 1. The first-order valence-electron chi connectivity index (χ1n) is 10.3. The predicted molar refractivity (Wildman–Crippen MR) is 119 cm³/mol. The Kier molecular flexibility index (Phi) is 5.15. The quantitative estimate of drug-likeness (QED) is 0.628. The van der Waals surface area contributed by atoms with Crippen LogP contribution in [0.5, 0.6) is 5.75 Å². The van der Waals surface area contributed by atoms with Crippen molar-refractivity contribution in [1.29, 1.82) is 0 Å². The molecular weight excluding hydrogens is 412 g/mol. The summed E-state index contributed by atoms with van der Waals surface area (Å²) in [6.45, 7) is 3.53. The van der Waals surface area contributed by atoms with Gasteiger partial charge in [0.15, 0.2) is 6.61 Å². The minimum atomic E-state index is -0.207. The molecule has 5 rings (SSSR count). The number of thiazole rings is 1. The summed E-state index contributed by atoms with van der Waals surface area (Å²) in [6.07, 6.45) is 3.79. The predicted octanol–water partition coefficient (Wildman–Crippen LogP) is 3.53. The topological polar surface area (TPSA) is 75.6 Å².